The van der Waals surface area contributed by atoms with Crippen LogP contribution >= 0.6 is 15.9 Å². The van der Waals surface area contributed by atoms with Crippen LogP contribution in [0.2, 0.25) is 0 Å². The van der Waals surface area contributed by atoms with E-state index in [0.717, 1.165) is 5.39 Å². The van der Waals surface area contributed by atoms with Gasteiger partial charge in [0.2, 0.25) is 15.9 Å². The zero-order chi connectivity index (χ0) is 18.9. The molecule has 1 N–H and O–H groups in total. The van der Waals surface area contributed by atoms with Gasteiger partial charge in [0.15, 0.2) is 0 Å². The molecular weight excluding hydrogens is 420 g/mol. The van der Waals surface area contributed by atoms with Gasteiger partial charge in [0.1, 0.15) is 0 Å². The summed E-state index contributed by atoms with van der Waals surface area (Å²) < 4.78 is 28.4. The molecule has 1 saturated heterocycles. The Morgan fingerprint density at radius 3 is 2.88 bits per heavy atom. The van der Waals surface area contributed by atoms with Crippen molar-refractivity contribution in [3.05, 3.63) is 35.1 Å². The van der Waals surface area contributed by atoms with Crippen LogP contribution in [0.4, 0.5) is 0 Å². The van der Waals surface area contributed by atoms with Crippen LogP contribution in [-0.2, 0) is 14.8 Å². The molecule has 26 heavy (non-hydrogen) atoms. The topological polar surface area (TPSA) is 82.6 Å². The lowest BCUT2D eigenvalue weighted by atomic mass is 10.2. The molecule has 9 heteroatoms. The number of amides is 1. The van der Waals surface area contributed by atoms with E-state index in [2.05, 4.69) is 26.2 Å². The summed E-state index contributed by atoms with van der Waals surface area (Å²) in [5, 5.41) is 4.29. The zero-order valence-electron chi connectivity index (χ0n) is 14.6. The van der Waals surface area contributed by atoms with Gasteiger partial charge in [0.05, 0.1) is 11.4 Å². The van der Waals surface area contributed by atoms with Gasteiger partial charge >= 0.3 is 0 Å². The predicted molar refractivity (Wildman–Crippen MR) is 103 cm³/mol. The van der Waals surface area contributed by atoms with Crippen molar-refractivity contribution in [1.82, 2.24) is 19.5 Å². The molecule has 0 radical (unpaired) electrons. The number of carbonyl (C=O) groups excluding carboxylic acids is 1. The monoisotopic (exact) mass is 440 g/mol. The largest absolute Gasteiger partial charge is 0.351 e. The molecule has 7 nitrogen and oxygen atoms in total. The van der Waals surface area contributed by atoms with Gasteiger partial charge in [0, 0.05) is 46.8 Å². The molecule has 1 amide bonds. The Bertz CT molecular complexity index is 927. The molecule has 1 atom stereocenters. The van der Waals surface area contributed by atoms with Crippen LogP contribution in [0.3, 0.4) is 0 Å². The average molecular weight is 441 g/mol. The van der Waals surface area contributed by atoms with Gasteiger partial charge in [0.25, 0.3) is 0 Å². The fraction of sp³-hybridized carbons (Fsp3) is 0.412. The number of carbonyl (C=O) groups is 1. The van der Waals surface area contributed by atoms with Crippen molar-refractivity contribution in [2.75, 3.05) is 33.7 Å². The number of hydrogen-bond acceptors (Lipinski definition) is 5. The van der Waals surface area contributed by atoms with E-state index in [9.17, 15) is 13.2 Å². The second kappa shape index (κ2) is 7.59. The number of hydrogen-bond donors (Lipinski definition) is 1. The van der Waals surface area contributed by atoms with E-state index >= 15 is 0 Å². The highest BCUT2D eigenvalue weighted by Crippen LogP contribution is 2.32. The van der Waals surface area contributed by atoms with Crippen molar-refractivity contribution in [2.45, 2.75) is 17.4 Å². The highest BCUT2D eigenvalue weighted by Gasteiger charge is 2.34. The molecule has 2 heterocycles. The van der Waals surface area contributed by atoms with E-state index in [-0.39, 0.29) is 29.9 Å². The summed E-state index contributed by atoms with van der Waals surface area (Å²) in [7, 11) is -0.0304. The zero-order valence-corrected chi connectivity index (χ0v) is 17.0. The maximum atomic E-state index is 13.2. The maximum absolute atomic E-state index is 13.2. The van der Waals surface area contributed by atoms with Gasteiger partial charge in [-0.15, -0.1) is 0 Å². The molecule has 0 bridgehead atoms. The SMILES string of the molecule is CN(C)CC(=O)N[C@@H]1CCN(S(=O)(=O)c2cccc3cncc(Br)c23)C1. The van der Waals surface area contributed by atoms with Crippen LogP contribution in [0.15, 0.2) is 40.0 Å². The number of halogens is 1. The standard InChI is InChI=1S/C17H21BrN4O3S/c1-21(2)11-16(23)20-13-6-7-22(10-13)26(24,25)15-5-3-4-12-8-19-9-14(18)17(12)15/h3-5,8-9,13H,6-7,10-11H2,1-2H3,(H,20,23)/t13-/m1/s1. The molecular formula is C17H21BrN4O3S. The minimum atomic E-state index is -3.67. The van der Waals surface area contributed by atoms with Crippen molar-refractivity contribution in [2.24, 2.45) is 0 Å². The van der Waals surface area contributed by atoms with Gasteiger partial charge in [-0.2, -0.15) is 4.31 Å². The number of sulfonamides is 1. The molecule has 1 fully saturated rings. The number of aromatic nitrogens is 1. The minimum Gasteiger partial charge on any atom is -0.351 e. The fourth-order valence-corrected chi connectivity index (χ4v) is 5.57. The van der Waals surface area contributed by atoms with Gasteiger partial charge in [-0.3, -0.25) is 9.78 Å². The Balaban J connectivity index is 1.83. The van der Waals surface area contributed by atoms with Crippen molar-refractivity contribution < 1.29 is 13.2 Å². The highest BCUT2D eigenvalue weighted by molar-refractivity contribution is 9.10. The van der Waals surface area contributed by atoms with Crippen molar-refractivity contribution in [1.29, 1.82) is 0 Å². The first-order valence-electron chi connectivity index (χ1n) is 8.25. The Labute approximate surface area is 161 Å². The molecule has 3 rings (SSSR count). The molecule has 1 aromatic carbocycles. The first-order chi connectivity index (χ1) is 12.3. The first-order valence-corrected chi connectivity index (χ1v) is 10.5. The van der Waals surface area contributed by atoms with Crippen LogP contribution in [-0.4, -0.2) is 68.3 Å². The third kappa shape index (κ3) is 3.90. The van der Waals surface area contributed by atoms with Gasteiger partial charge < -0.3 is 10.2 Å². The minimum absolute atomic E-state index is 0.0989. The number of likely N-dealkylation sites (N-methyl/N-ethyl adjacent to an activating group) is 1. The molecule has 0 unspecified atom stereocenters. The molecule has 0 aliphatic carbocycles. The second-order valence-electron chi connectivity index (χ2n) is 6.63. The predicted octanol–water partition coefficient (Wildman–Crippen LogP) is 1.44. The number of nitrogens with one attached hydrogen (secondary N) is 1. The Morgan fingerprint density at radius 1 is 1.38 bits per heavy atom. The quantitative estimate of drug-likeness (QED) is 0.760. The number of rotatable bonds is 5. The average Bonchev–Trinajstić information content (AvgIpc) is 3.03. The van der Waals surface area contributed by atoms with E-state index < -0.39 is 10.0 Å². The summed E-state index contributed by atoms with van der Waals surface area (Å²) in [5.41, 5.74) is 0. The van der Waals surface area contributed by atoms with Crippen LogP contribution in [0, 0.1) is 0 Å². The third-order valence-electron chi connectivity index (χ3n) is 4.29. The van der Waals surface area contributed by atoms with Crippen molar-refractivity contribution >= 4 is 42.6 Å². The molecule has 1 aliphatic rings. The van der Waals surface area contributed by atoms with Gasteiger partial charge in [-0.1, -0.05) is 12.1 Å². The number of fused-ring (bicyclic) bond motifs is 1. The Hall–Kier alpha value is -1.55. The summed E-state index contributed by atoms with van der Waals surface area (Å²) in [6.45, 7) is 0.946. The number of nitrogens with zero attached hydrogens (tertiary/aromatic N) is 3. The number of benzene rings is 1. The molecule has 2 aromatic rings. The van der Waals surface area contributed by atoms with E-state index in [0.29, 0.717) is 22.8 Å². The van der Waals surface area contributed by atoms with Crippen molar-refractivity contribution in [3.8, 4) is 0 Å². The third-order valence-corrected chi connectivity index (χ3v) is 6.80. The molecule has 1 aromatic heterocycles. The van der Waals surface area contributed by atoms with Crippen LogP contribution in [0.1, 0.15) is 6.42 Å². The van der Waals surface area contributed by atoms with Crippen LogP contribution < -0.4 is 5.32 Å². The fourth-order valence-electron chi connectivity index (χ4n) is 3.14. The Morgan fingerprint density at radius 2 is 2.15 bits per heavy atom. The first kappa shape index (κ1) is 19.2. The molecule has 0 spiro atoms. The van der Waals surface area contributed by atoms with Crippen LogP contribution in [0.25, 0.3) is 10.8 Å². The van der Waals surface area contributed by atoms with Crippen LogP contribution in [0.5, 0.6) is 0 Å². The van der Waals surface area contributed by atoms with Crippen molar-refractivity contribution in [3.63, 3.8) is 0 Å². The smallest absolute Gasteiger partial charge is 0.243 e. The summed E-state index contributed by atoms with van der Waals surface area (Å²) in [5.74, 6) is -0.0989. The van der Waals surface area contributed by atoms with E-state index in [4.69, 9.17) is 0 Å². The van der Waals surface area contributed by atoms with Gasteiger partial charge in [-0.25, -0.2) is 8.42 Å². The van der Waals surface area contributed by atoms with Gasteiger partial charge in [-0.05, 0) is 42.5 Å². The lowest BCUT2D eigenvalue weighted by Crippen LogP contribution is -2.42. The Kier molecular flexibility index (Phi) is 5.61. The summed E-state index contributed by atoms with van der Waals surface area (Å²) >= 11 is 3.41. The lowest BCUT2D eigenvalue weighted by molar-refractivity contribution is -0.122. The second-order valence-corrected chi connectivity index (χ2v) is 9.39. The summed E-state index contributed by atoms with van der Waals surface area (Å²) in [4.78, 5) is 18.0. The molecule has 0 saturated carbocycles. The summed E-state index contributed by atoms with van der Waals surface area (Å²) in [6, 6.07) is 4.99. The van der Waals surface area contributed by atoms with E-state index in [1.165, 1.54) is 4.31 Å². The van der Waals surface area contributed by atoms with E-state index in [1.807, 2.05) is 20.2 Å². The molecule has 140 valence electrons. The maximum Gasteiger partial charge on any atom is 0.243 e. The summed E-state index contributed by atoms with van der Waals surface area (Å²) in [6.07, 6.45) is 3.84. The van der Waals surface area contributed by atoms with E-state index in [1.54, 1.807) is 29.4 Å². The number of pyridine rings is 1. The normalized spacial score (nSPS) is 18.5. The highest BCUT2D eigenvalue weighted by atomic mass is 79.9. The lowest BCUT2D eigenvalue weighted by Gasteiger charge is -2.19. The molecule has 1 aliphatic heterocycles.